The fourth-order valence-electron chi connectivity index (χ4n) is 2.19. The van der Waals surface area contributed by atoms with E-state index in [0.717, 1.165) is 22.3 Å². The molecule has 6 heteroatoms. The van der Waals surface area contributed by atoms with Crippen molar-refractivity contribution in [3.05, 3.63) is 54.6 Å². The van der Waals surface area contributed by atoms with Gasteiger partial charge in [0.1, 0.15) is 0 Å². The van der Waals surface area contributed by atoms with Crippen molar-refractivity contribution in [3.8, 4) is 10.4 Å². The molecule has 0 amide bonds. The highest BCUT2D eigenvalue weighted by Gasteiger charge is 2.43. The summed E-state index contributed by atoms with van der Waals surface area (Å²) in [6.45, 7) is 0. The summed E-state index contributed by atoms with van der Waals surface area (Å²) in [5.41, 5.74) is 0.844. The van der Waals surface area contributed by atoms with E-state index in [-0.39, 0.29) is 11.8 Å². The molecule has 0 aliphatic rings. The lowest BCUT2D eigenvalue weighted by Crippen LogP contribution is -2.25. The third-order valence-corrected chi connectivity index (χ3v) is 5.64. The maximum absolute atomic E-state index is 14.1. The zero-order valence-corrected chi connectivity index (χ0v) is 13.7. The molecule has 3 rings (SSSR count). The number of halogens is 2. The number of methoxy groups -OCH3 is 1. The normalized spacial score (nSPS) is 11.6. The quantitative estimate of drug-likeness (QED) is 0.464. The van der Waals surface area contributed by atoms with Gasteiger partial charge in [0.05, 0.1) is 7.11 Å². The first kappa shape index (κ1) is 16.0. The van der Waals surface area contributed by atoms with E-state index >= 15 is 0 Å². The molecule has 2 nitrogen and oxygen atoms in total. The number of benzene rings is 2. The minimum absolute atomic E-state index is 0.239. The average Bonchev–Trinajstić information content (AvgIpc) is 2.93. The predicted octanol–water partition coefficient (Wildman–Crippen LogP) is 5.43. The van der Waals surface area contributed by atoms with Crippen LogP contribution in [0.5, 0.6) is 0 Å². The second-order valence-corrected chi connectivity index (χ2v) is 6.91. The summed E-state index contributed by atoms with van der Waals surface area (Å²) in [6, 6.07) is 16.6. The monoisotopic (exact) mass is 350 g/mol. The first-order valence-electron chi connectivity index (χ1n) is 6.75. The maximum atomic E-state index is 14.1. The molecule has 0 atom stereocenters. The second kappa shape index (κ2) is 6.29. The number of hydrogen-bond donors (Lipinski definition) is 0. The Morgan fingerprint density at radius 2 is 1.74 bits per heavy atom. The molecule has 0 N–H and O–H groups in total. The Kier molecular flexibility index (Phi) is 4.37. The molecular formula is C17H12F2O2S2. The van der Waals surface area contributed by atoms with Gasteiger partial charge in [-0.2, -0.15) is 8.78 Å². The van der Waals surface area contributed by atoms with Crippen molar-refractivity contribution in [3.63, 3.8) is 0 Å². The van der Waals surface area contributed by atoms with Crippen molar-refractivity contribution in [1.29, 1.82) is 0 Å². The Morgan fingerprint density at radius 1 is 1.09 bits per heavy atom. The molecule has 0 fully saturated rings. The van der Waals surface area contributed by atoms with Crippen molar-refractivity contribution >= 4 is 39.2 Å². The number of thioether (sulfide) groups is 1. The van der Waals surface area contributed by atoms with E-state index in [1.807, 2.05) is 42.5 Å². The third-order valence-electron chi connectivity index (χ3n) is 3.24. The highest BCUT2D eigenvalue weighted by Crippen LogP contribution is 2.49. The van der Waals surface area contributed by atoms with Crippen LogP contribution in [0.1, 0.15) is 0 Å². The van der Waals surface area contributed by atoms with E-state index in [2.05, 4.69) is 4.74 Å². The number of esters is 1. The van der Waals surface area contributed by atoms with Crippen LogP contribution >= 0.6 is 23.1 Å². The van der Waals surface area contributed by atoms with Gasteiger partial charge in [0.25, 0.3) is 0 Å². The Morgan fingerprint density at radius 3 is 2.43 bits per heavy atom. The van der Waals surface area contributed by atoms with E-state index in [1.54, 1.807) is 12.1 Å². The zero-order chi connectivity index (χ0) is 16.4. The van der Waals surface area contributed by atoms with Crippen molar-refractivity contribution in [1.82, 2.24) is 0 Å². The Bertz CT molecular complexity index is 844. The number of ether oxygens (including phenoxy) is 1. The average molecular weight is 350 g/mol. The number of carbonyl (C=O) groups excluding carboxylic acids is 1. The number of rotatable bonds is 4. The van der Waals surface area contributed by atoms with Crippen LogP contribution in [-0.4, -0.2) is 18.3 Å². The van der Waals surface area contributed by atoms with Crippen LogP contribution in [0, 0.1) is 0 Å². The molecule has 0 unspecified atom stereocenters. The van der Waals surface area contributed by atoms with E-state index in [1.165, 1.54) is 11.3 Å². The van der Waals surface area contributed by atoms with Gasteiger partial charge in [-0.15, -0.1) is 11.3 Å². The summed E-state index contributed by atoms with van der Waals surface area (Å²) in [5.74, 6) is -1.54. The second-order valence-electron chi connectivity index (χ2n) is 4.73. The summed E-state index contributed by atoms with van der Waals surface area (Å²) in [5, 5.41) is -2.92. The lowest BCUT2D eigenvalue weighted by molar-refractivity contribution is -0.156. The molecule has 1 heterocycles. The highest BCUT2D eigenvalue weighted by atomic mass is 32.2. The summed E-state index contributed by atoms with van der Waals surface area (Å²) in [7, 11) is 0.959. The molecule has 0 saturated heterocycles. The van der Waals surface area contributed by atoms with Crippen LogP contribution in [0.25, 0.3) is 20.5 Å². The maximum Gasteiger partial charge on any atom is 0.393 e. The van der Waals surface area contributed by atoms with Gasteiger partial charge in [-0.3, -0.25) is 0 Å². The Balaban J connectivity index is 2.16. The molecule has 0 saturated carbocycles. The predicted molar refractivity (Wildman–Crippen MR) is 90.1 cm³/mol. The van der Waals surface area contributed by atoms with Crippen LogP contribution in [0.2, 0.25) is 0 Å². The van der Waals surface area contributed by atoms with Crippen LogP contribution in [-0.2, 0) is 9.53 Å². The van der Waals surface area contributed by atoms with E-state index in [4.69, 9.17) is 0 Å². The zero-order valence-electron chi connectivity index (χ0n) is 12.1. The molecule has 0 spiro atoms. The van der Waals surface area contributed by atoms with E-state index < -0.39 is 11.2 Å². The smallest absolute Gasteiger partial charge is 0.393 e. The fourth-order valence-corrected chi connectivity index (χ4v) is 4.53. The molecule has 118 valence electrons. The molecule has 0 aliphatic heterocycles. The molecule has 0 aliphatic carbocycles. The van der Waals surface area contributed by atoms with Crippen molar-refractivity contribution < 1.29 is 18.3 Å². The standard InChI is InChI=1S/C17H12F2O2S2/c1-21-16(20)17(18,19)23-15-12-9-5-6-10-13(12)22-14(15)11-7-3-2-4-8-11/h2-10H,1H3. The first-order chi connectivity index (χ1) is 11.0. The number of alkyl halides is 2. The SMILES string of the molecule is COC(=O)C(F)(F)Sc1c(-c2ccccc2)sc2ccccc12. The number of hydrogen-bond acceptors (Lipinski definition) is 4. The third kappa shape index (κ3) is 3.09. The number of fused-ring (bicyclic) bond motifs is 1. The number of thiophene rings is 1. The highest BCUT2D eigenvalue weighted by molar-refractivity contribution is 8.01. The van der Waals surface area contributed by atoms with Crippen LogP contribution in [0.4, 0.5) is 8.78 Å². The lowest BCUT2D eigenvalue weighted by atomic mass is 10.1. The molecule has 1 aromatic heterocycles. The first-order valence-corrected chi connectivity index (χ1v) is 8.38. The van der Waals surface area contributed by atoms with Gasteiger partial charge in [0.2, 0.25) is 0 Å². The molecule has 3 aromatic rings. The summed E-state index contributed by atoms with van der Waals surface area (Å²) in [6.07, 6.45) is 0. The summed E-state index contributed by atoms with van der Waals surface area (Å²) in [4.78, 5) is 12.5. The Labute approximate surface area is 140 Å². The van der Waals surface area contributed by atoms with Crippen molar-refractivity contribution in [2.75, 3.05) is 7.11 Å². The molecule has 0 bridgehead atoms. The van der Waals surface area contributed by atoms with Gasteiger partial charge in [-0.05, 0) is 23.4 Å². The molecule has 0 radical (unpaired) electrons. The van der Waals surface area contributed by atoms with E-state index in [0.29, 0.717) is 10.3 Å². The van der Waals surface area contributed by atoms with Gasteiger partial charge in [-0.25, -0.2) is 4.79 Å². The van der Waals surface area contributed by atoms with Gasteiger partial charge < -0.3 is 4.74 Å². The molecular weight excluding hydrogens is 338 g/mol. The Hall–Kier alpha value is -1.92. The minimum Gasteiger partial charge on any atom is -0.464 e. The largest absolute Gasteiger partial charge is 0.464 e. The topological polar surface area (TPSA) is 26.3 Å². The number of carbonyl (C=O) groups is 1. The van der Waals surface area contributed by atoms with Crippen LogP contribution in [0.3, 0.4) is 0 Å². The van der Waals surface area contributed by atoms with Crippen molar-refractivity contribution in [2.45, 2.75) is 10.2 Å². The summed E-state index contributed by atoms with van der Waals surface area (Å²) < 4.78 is 33.3. The minimum atomic E-state index is -3.64. The van der Waals surface area contributed by atoms with Gasteiger partial charge in [0.15, 0.2) is 0 Å². The van der Waals surface area contributed by atoms with Crippen LogP contribution < -0.4 is 0 Å². The molecule has 2 aromatic carbocycles. The summed E-state index contributed by atoms with van der Waals surface area (Å²) >= 11 is 1.67. The fraction of sp³-hybridized carbons (Fsp3) is 0.118. The van der Waals surface area contributed by atoms with Gasteiger partial charge >= 0.3 is 11.2 Å². The molecule has 23 heavy (non-hydrogen) atoms. The van der Waals surface area contributed by atoms with Crippen LogP contribution in [0.15, 0.2) is 59.5 Å². The van der Waals surface area contributed by atoms with Gasteiger partial charge in [-0.1, -0.05) is 48.5 Å². The van der Waals surface area contributed by atoms with E-state index in [9.17, 15) is 13.6 Å². The van der Waals surface area contributed by atoms with Crippen molar-refractivity contribution in [2.24, 2.45) is 0 Å². The van der Waals surface area contributed by atoms with Gasteiger partial charge in [0, 0.05) is 19.9 Å². The lowest BCUT2D eigenvalue weighted by Gasteiger charge is -2.13.